The van der Waals surface area contributed by atoms with Crippen LogP contribution < -0.4 is 10.2 Å². The van der Waals surface area contributed by atoms with Gasteiger partial charge < -0.3 is 5.32 Å². The van der Waals surface area contributed by atoms with Crippen molar-refractivity contribution in [2.24, 2.45) is 7.05 Å². The van der Waals surface area contributed by atoms with Gasteiger partial charge in [-0.1, -0.05) is 6.92 Å². The molecule has 1 unspecified atom stereocenters. The molecule has 0 aliphatic carbocycles. The Hall–Kier alpha value is -3.82. The van der Waals surface area contributed by atoms with Gasteiger partial charge >= 0.3 is 0 Å². The molecule has 1 amide bonds. The number of carbonyl (C=O) groups is 1. The van der Waals surface area contributed by atoms with Crippen LogP contribution in [0.5, 0.6) is 0 Å². The molecule has 2 aromatic heterocycles. The van der Waals surface area contributed by atoms with Gasteiger partial charge in [-0.3, -0.25) is 24.5 Å². The molecule has 0 bridgehead atoms. The largest absolute Gasteiger partial charge is 0.358 e. The first-order valence-electron chi connectivity index (χ1n) is 10.1. The van der Waals surface area contributed by atoms with Gasteiger partial charge in [-0.05, 0) is 31.9 Å². The molecule has 1 N–H and O–H groups in total. The van der Waals surface area contributed by atoms with Crippen molar-refractivity contribution in [2.75, 3.05) is 16.8 Å². The van der Waals surface area contributed by atoms with Crippen molar-refractivity contribution in [3.05, 3.63) is 57.9 Å². The Balaban J connectivity index is 1.57. The second-order valence-electron chi connectivity index (χ2n) is 7.47. The van der Waals surface area contributed by atoms with Crippen LogP contribution in [0.1, 0.15) is 24.7 Å². The van der Waals surface area contributed by atoms with Gasteiger partial charge in [0.2, 0.25) is 0 Å². The van der Waals surface area contributed by atoms with Crippen LogP contribution in [0.4, 0.5) is 17.3 Å². The number of anilines is 2. The third-order valence-corrected chi connectivity index (χ3v) is 5.26. The second kappa shape index (κ2) is 8.13. The Morgan fingerprint density at radius 1 is 1.23 bits per heavy atom. The van der Waals surface area contributed by atoms with Gasteiger partial charge in [0.25, 0.3) is 11.6 Å². The minimum absolute atomic E-state index is 0.00999. The standard InChI is InChI=1S/C21H23N7O3/c1-4-15-12-18(24-20(22-15)14-5-7-16(8-6-14)28(30)31)23-17-9-10-27(21(17)29)19-11-13(2)25-26(19)3/h5-8,11-12,17H,4,9-10H2,1-3H3,(H,22,23,24). The first-order valence-corrected chi connectivity index (χ1v) is 10.1. The fourth-order valence-corrected chi connectivity index (χ4v) is 3.68. The Labute approximate surface area is 179 Å². The molecule has 0 radical (unpaired) electrons. The number of amides is 1. The molecule has 0 spiro atoms. The number of hydrogen-bond acceptors (Lipinski definition) is 7. The lowest BCUT2D eigenvalue weighted by Gasteiger charge is -2.17. The highest BCUT2D eigenvalue weighted by atomic mass is 16.6. The molecule has 0 saturated carbocycles. The summed E-state index contributed by atoms with van der Waals surface area (Å²) in [4.78, 5) is 34.3. The summed E-state index contributed by atoms with van der Waals surface area (Å²) in [5.41, 5.74) is 2.36. The van der Waals surface area contributed by atoms with E-state index in [2.05, 4.69) is 20.4 Å². The minimum Gasteiger partial charge on any atom is -0.358 e. The van der Waals surface area contributed by atoms with E-state index in [0.29, 0.717) is 36.6 Å². The molecule has 1 saturated heterocycles. The normalized spacial score (nSPS) is 16.0. The van der Waals surface area contributed by atoms with Crippen molar-refractivity contribution in [1.29, 1.82) is 0 Å². The Bertz CT molecular complexity index is 1140. The van der Waals surface area contributed by atoms with Crippen molar-refractivity contribution in [2.45, 2.75) is 32.7 Å². The number of hydrogen-bond donors (Lipinski definition) is 1. The van der Waals surface area contributed by atoms with Crippen molar-refractivity contribution < 1.29 is 9.72 Å². The number of benzene rings is 1. The van der Waals surface area contributed by atoms with Gasteiger partial charge in [-0.15, -0.1) is 0 Å². The van der Waals surface area contributed by atoms with E-state index in [1.807, 2.05) is 33.0 Å². The highest BCUT2D eigenvalue weighted by Gasteiger charge is 2.34. The van der Waals surface area contributed by atoms with Crippen LogP contribution in [-0.4, -0.2) is 43.2 Å². The molecule has 1 aromatic carbocycles. The summed E-state index contributed by atoms with van der Waals surface area (Å²) in [5, 5.41) is 18.5. The average molecular weight is 421 g/mol. The molecular weight excluding hydrogens is 398 g/mol. The first kappa shape index (κ1) is 20.5. The summed E-state index contributed by atoms with van der Waals surface area (Å²) in [6.45, 7) is 4.47. The van der Waals surface area contributed by atoms with Gasteiger partial charge in [0, 0.05) is 49.1 Å². The van der Waals surface area contributed by atoms with Crippen molar-refractivity contribution in [1.82, 2.24) is 19.7 Å². The maximum absolute atomic E-state index is 13.0. The highest BCUT2D eigenvalue weighted by molar-refractivity contribution is 6.00. The van der Waals surface area contributed by atoms with E-state index in [-0.39, 0.29) is 11.6 Å². The van der Waals surface area contributed by atoms with Gasteiger partial charge in [-0.25, -0.2) is 9.97 Å². The Morgan fingerprint density at radius 2 is 1.97 bits per heavy atom. The smallest absolute Gasteiger partial charge is 0.269 e. The van der Waals surface area contributed by atoms with Crippen LogP contribution in [0.3, 0.4) is 0 Å². The lowest BCUT2D eigenvalue weighted by molar-refractivity contribution is -0.384. The van der Waals surface area contributed by atoms with E-state index < -0.39 is 11.0 Å². The fourth-order valence-electron chi connectivity index (χ4n) is 3.68. The maximum atomic E-state index is 13.0. The summed E-state index contributed by atoms with van der Waals surface area (Å²) in [6.07, 6.45) is 1.33. The summed E-state index contributed by atoms with van der Waals surface area (Å²) in [7, 11) is 1.82. The number of aromatic nitrogens is 4. The summed E-state index contributed by atoms with van der Waals surface area (Å²) < 4.78 is 1.71. The third-order valence-electron chi connectivity index (χ3n) is 5.26. The summed E-state index contributed by atoms with van der Waals surface area (Å²) in [5.74, 6) is 1.76. The fraction of sp³-hybridized carbons (Fsp3) is 0.333. The zero-order chi connectivity index (χ0) is 22.1. The number of nitrogens with zero attached hydrogens (tertiary/aromatic N) is 6. The van der Waals surface area contributed by atoms with Crippen molar-refractivity contribution in [3.8, 4) is 11.4 Å². The van der Waals surface area contributed by atoms with E-state index in [4.69, 9.17) is 0 Å². The predicted octanol–water partition coefficient (Wildman–Crippen LogP) is 2.87. The number of nitro benzene ring substituents is 1. The van der Waals surface area contributed by atoms with Gasteiger partial charge in [0.1, 0.15) is 17.7 Å². The number of carbonyl (C=O) groups excluding carboxylic acids is 1. The maximum Gasteiger partial charge on any atom is 0.269 e. The average Bonchev–Trinajstić information content (AvgIpc) is 3.28. The Kier molecular flexibility index (Phi) is 5.37. The van der Waals surface area contributed by atoms with E-state index in [1.54, 1.807) is 21.7 Å². The van der Waals surface area contributed by atoms with Crippen LogP contribution in [0.25, 0.3) is 11.4 Å². The molecular formula is C21H23N7O3. The van der Waals surface area contributed by atoms with Crippen molar-refractivity contribution >= 4 is 23.2 Å². The predicted molar refractivity (Wildman–Crippen MR) is 116 cm³/mol. The SMILES string of the molecule is CCc1cc(NC2CCN(c3cc(C)nn3C)C2=O)nc(-c2ccc([N+](=O)[O-])cc2)n1. The Morgan fingerprint density at radius 3 is 2.58 bits per heavy atom. The lowest BCUT2D eigenvalue weighted by Crippen LogP contribution is -2.34. The summed E-state index contributed by atoms with van der Waals surface area (Å²) >= 11 is 0. The quantitative estimate of drug-likeness (QED) is 0.480. The van der Waals surface area contributed by atoms with E-state index in [0.717, 1.165) is 17.2 Å². The molecule has 1 fully saturated rings. The lowest BCUT2D eigenvalue weighted by atomic mass is 10.2. The van der Waals surface area contributed by atoms with Gasteiger partial charge in [0.15, 0.2) is 5.82 Å². The monoisotopic (exact) mass is 421 g/mol. The second-order valence-corrected chi connectivity index (χ2v) is 7.47. The molecule has 1 atom stereocenters. The topological polar surface area (TPSA) is 119 Å². The molecule has 4 rings (SSSR count). The number of non-ortho nitro benzene ring substituents is 1. The molecule has 10 nitrogen and oxygen atoms in total. The number of nitrogens with one attached hydrogen (secondary N) is 1. The molecule has 3 heterocycles. The number of nitro groups is 1. The van der Waals surface area contributed by atoms with Crippen LogP contribution in [0, 0.1) is 17.0 Å². The van der Waals surface area contributed by atoms with E-state index in [1.165, 1.54) is 12.1 Å². The van der Waals surface area contributed by atoms with Crippen LogP contribution >= 0.6 is 0 Å². The van der Waals surface area contributed by atoms with Crippen molar-refractivity contribution in [3.63, 3.8) is 0 Å². The van der Waals surface area contributed by atoms with Gasteiger partial charge in [-0.2, -0.15) is 5.10 Å². The molecule has 3 aromatic rings. The molecule has 10 heteroatoms. The van der Waals surface area contributed by atoms with Gasteiger partial charge in [0.05, 0.1) is 10.6 Å². The molecule has 160 valence electrons. The number of aryl methyl sites for hydroxylation is 3. The van der Waals surface area contributed by atoms with E-state index >= 15 is 0 Å². The first-order chi connectivity index (χ1) is 14.9. The van der Waals surface area contributed by atoms with Crippen LogP contribution in [0.15, 0.2) is 36.4 Å². The summed E-state index contributed by atoms with van der Waals surface area (Å²) in [6, 6.07) is 9.44. The zero-order valence-electron chi connectivity index (χ0n) is 17.6. The number of rotatable bonds is 6. The minimum atomic E-state index is -0.443. The van der Waals surface area contributed by atoms with E-state index in [9.17, 15) is 14.9 Å². The zero-order valence-corrected chi connectivity index (χ0v) is 17.6. The molecule has 31 heavy (non-hydrogen) atoms. The highest BCUT2D eigenvalue weighted by Crippen LogP contribution is 2.26. The molecule has 1 aliphatic heterocycles. The molecule has 1 aliphatic rings. The van der Waals surface area contributed by atoms with Crippen LogP contribution in [0.2, 0.25) is 0 Å². The van der Waals surface area contributed by atoms with Crippen LogP contribution in [-0.2, 0) is 18.3 Å². The third kappa shape index (κ3) is 4.09.